The molecule has 2 N–H and O–H groups in total. The van der Waals surface area contributed by atoms with Gasteiger partial charge in [0.05, 0.1) is 0 Å². The van der Waals surface area contributed by atoms with Crippen molar-refractivity contribution in [2.24, 2.45) is 4.99 Å². The summed E-state index contributed by atoms with van der Waals surface area (Å²) >= 11 is 0. The topological polar surface area (TPSA) is 39.7 Å². The second-order valence-electron chi connectivity index (χ2n) is 6.11. The van der Waals surface area contributed by atoms with E-state index in [0.717, 1.165) is 12.5 Å². The summed E-state index contributed by atoms with van der Waals surface area (Å²) in [6.45, 7) is 10.2. The number of rotatable bonds is 7. The zero-order valence-electron chi connectivity index (χ0n) is 14.3. The molecule has 1 rings (SSSR count). The van der Waals surface area contributed by atoms with Crippen LogP contribution >= 0.6 is 24.0 Å². The molecule has 0 aliphatic carbocycles. The summed E-state index contributed by atoms with van der Waals surface area (Å²) in [5, 5.41) is 7.00. The molecule has 1 aliphatic rings. The van der Waals surface area contributed by atoms with Crippen molar-refractivity contribution in [3.63, 3.8) is 0 Å². The lowest BCUT2D eigenvalue weighted by Gasteiger charge is -2.35. The van der Waals surface area contributed by atoms with Crippen LogP contribution in [-0.4, -0.2) is 49.6 Å². The van der Waals surface area contributed by atoms with Crippen LogP contribution in [0.4, 0.5) is 0 Å². The Morgan fingerprint density at radius 1 is 1.19 bits per heavy atom. The number of nitrogens with zero attached hydrogens (tertiary/aromatic N) is 2. The number of hydrogen-bond acceptors (Lipinski definition) is 2. The third kappa shape index (κ3) is 8.86. The average molecular weight is 410 g/mol. The van der Waals surface area contributed by atoms with E-state index in [4.69, 9.17) is 0 Å². The predicted octanol–water partition coefficient (Wildman–Crippen LogP) is 3.22. The number of halogens is 1. The second kappa shape index (κ2) is 12.5. The smallest absolute Gasteiger partial charge is 0.191 e. The lowest BCUT2D eigenvalue weighted by molar-refractivity contribution is 0.167. The molecule has 0 unspecified atom stereocenters. The van der Waals surface area contributed by atoms with Gasteiger partial charge in [0.15, 0.2) is 5.96 Å². The normalized spacial score (nSPS) is 17.7. The van der Waals surface area contributed by atoms with Gasteiger partial charge >= 0.3 is 0 Å². The molecule has 1 saturated heterocycles. The predicted molar refractivity (Wildman–Crippen MR) is 104 cm³/mol. The molecule has 0 aromatic rings. The van der Waals surface area contributed by atoms with Gasteiger partial charge < -0.3 is 15.5 Å². The van der Waals surface area contributed by atoms with Crippen LogP contribution in [-0.2, 0) is 0 Å². The van der Waals surface area contributed by atoms with Gasteiger partial charge in [-0.05, 0) is 33.1 Å². The van der Waals surface area contributed by atoms with Gasteiger partial charge in [0.2, 0.25) is 0 Å². The molecule has 0 aromatic carbocycles. The molecule has 21 heavy (non-hydrogen) atoms. The van der Waals surface area contributed by atoms with E-state index in [1.165, 1.54) is 51.6 Å². The number of aliphatic imine (C=N–C) groups is 1. The molecule has 5 heteroatoms. The van der Waals surface area contributed by atoms with Crippen molar-refractivity contribution in [1.82, 2.24) is 15.5 Å². The maximum atomic E-state index is 4.33. The van der Waals surface area contributed by atoms with Crippen molar-refractivity contribution < 1.29 is 0 Å². The van der Waals surface area contributed by atoms with Crippen molar-refractivity contribution >= 4 is 29.9 Å². The van der Waals surface area contributed by atoms with Gasteiger partial charge in [-0.2, -0.15) is 0 Å². The fourth-order valence-electron chi connectivity index (χ4n) is 2.71. The molecule has 0 spiro atoms. The number of unbranched alkanes of at least 4 members (excludes halogenated alkanes) is 3. The molecule has 1 heterocycles. The first-order chi connectivity index (χ1) is 9.67. The summed E-state index contributed by atoms with van der Waals surface area (Å²) in [5.41, 5.74) is 0. The largest absolute Gasteiger partial charge is 0.356 e. The van der Waals surface area contributed by atoms with E-state index in [0.29, 0.717) is 12.1 Å². The molecule has 1 fully saturated rings. The molecule has 1 aliphatic heterocycles. The zero-order chi connectivity index (χ0) is 14.8. The number of guanidine groups is 1. The Morgan fingerprint density at radius 2 is 1.86 bits per heavy atom. The van der Waals surface area contributed by atoms with E-state index in [1.807, 2.05) is 7.05 Å². The summed E-state index contributed by atoms with van der Waals surface area (Å²) in [7, 11) is 1.87. The Morgan fingerprint density at radius 3 is 2.38 bits per heavy atom. The summed E-state index contributed by atoms with van der Waals surface area (Å²) < 4.78 is 0. The maximum Gasteiger partial charge on any atom is 0.191 e. The average Bonchev–Trinajstić information content (AvgIpc) is 2.46. The highest BCUT2D eigenvalue weighted by Crippen LogP contribution is 2.12. The van der Waals surface area contributed by atoms with Gasteiger partial charge in [0.1, 0.15) is 0 Å². The zero-order valence-corrected chi connectivity index (χ0v) is 16.7. The van der Waals surface area contributed by atoms with Crippen molar-refractivity contribution in [2.45, 2.75) is 71.4 Å². The van der Waals surface area contributed by atoms with E-state index >= 15 is 0 Å². The first-order valence-electron chi connectivity index (χ1n) is 8.38. The van der Waals surface area contributed by atoms with Crippen LogP contribution in [0.2, 0.25) is 0 Å². The van der Waals surface area contributed by atoms with E-state index in [9.17, 15) is 0 Å². The molecular formula is C16H35IN4. The lowest BCUT2D eigenvalue weighted by atomic mass is 10.0. The van der Waals surface area contributed by atoms with Crippen LogP contribution in [0.5, 0.6) is 0 Å². The van der Waals surface area contributed by atoms with Crippen LogP contribution in [0.1, 0.15) is 59.3 Å². The van der Waals surface area contributed by atoms with Gasteiger partial charge in [-0.15, -0.1) is 24.0 Å². The number of likely N-dealkylation sites (tertiary alicyclic amines) is 1. The standard InChI is InChI=1S/C16H34N4.HI/c1-5-6-7-8-11-18-16(17-4)19-15-9-12-20(13-10-15)14(2)3;/h14-15H,5-13H2,1-4H3,(H2,17,18,19);1H. The summed E-state index contributed by atoms with van der Waals surface area (Å²) in [6.07, 6.45) is 7.61. The molecular weight excluding hydrogens is 375 g/mol. The van der Waals surface area contributed by atoms with Crippen LogP contribution in [0.3, 0.4) is 0 Å². The Hall–Kier alpha value is -0.0400. The fraction of sp³-hybridized carbons (Fsp3) is 0.938. The molecule has 0 amide bonds. The lowest BCUT2D eigenvalue weighted by Crippen LogP contribution is -2.49. The minimum Gasteiger partial charge on any atom is -0.356 e. The van der Waals surface area contributed by atoms with E-state index in [-0.39, 0.29) is 24.0 Å². The number of piperidine rings is 1. The number of hydrogen-bond donors (Lipinski definition) is 2. The van der Waals surface area contributed by atoms with Gasteiger partial charge in [-0.1, -0.05) is 26.2 Å². The minimum absolute atomic E-state index is 0. The maximum absolute atomic E-state index is 4.33. The Balaban J connectivity index is 0.00000400. The molecule has 0 atom stereocenters. The van der Waals surface area contributed by atoms with Crippen molar-refractivity contribution in [1.29, 1.82) is 0 Å². The van der Waals surface area contributed by atoms with E-state index < -0.39 is 0 Å². The highest BCUT2D eigenvalue weighted by Gasteiger charge is 2.21. The molecule has 0 saturated carbocycles. The van der Waals surface area contributed by atoms with Gasteiger partial charge in [-0.25, -0.2) is 0 Å². The van der Waals surface area contributed by atoms with Crippen molar-refractivity contribution in [3.05, 3.63) is 0 Å². The van der Waals surface area contributed by atoms with E-state index in [1.54, 1.807) is 0 Å². The molecule has 0 radical (unpaired) electrons. The van der Waals surface area contributed by atoms with Gasteiger partial charge in [0, 0.05) is 38.8 Å². The summed E-state index contributed by atoms with van der Waals surface area (Å²) in [5.74, 6) is 0.976. The van der Waals surface area contributed by atoms with Crippen LogP contribution in [0.15, 0.2) is 4.99 Å². The third-order valence-electron chi connectivity index (χ3n) is 4.15. The van der Waals surface area contributed by atoms with Crippen molar-refractivity contribution in [3.8, 4) is 0 Å². The monoisotopic (exact) mass is 410 g/mol. The Bertz CT molecular complexity index is 273. The highest BCUT2D eigenvalue weighted by molar-refractivity contribution is 14.0. The summed E-state index contributed by atoms with van der Waals surface area (Å²) in [4.78, 5) is 6.89. The highest BCUT2D eigenvalue weighted by atomic mass is 127. The SMILES string of the molecule is CCCCCCNC(=NC)NC1CCN(C(C)C)CC1.I. The molecule has 126 valence electrons. The minimum atomic E-state index is 0. The Kier molecular flexibility index (Phi) is 12.5. The second-order valence-corrected chi connectivity index (χ2v) is 6.11. The Labute approximate surface area is 148 Å². The molecule has 0 aromatic heterocycles. The van der Waals surface area contributed by atoms with Crippen LogP contribution in [0.25, 0.3) is 0 Å². The fourth-order valence-corrected chi connectivity index (χ4v) is 2.71. The van der Waals surface area contributed by atoms with Gasteiger partial charge in [-0.3, -0.25) is 4.99 Å². The first kappa shape index (κ1) is 21.0. The van der Waals surface area contributed by atoms with Crippen LogP contribution in [0, 0.1) is 0 Å². The van der Waals surface area contributed by atoms with E-state index in [2.05, 4.69) is 41.3 Å². The molecule has 0 bridgehead atoms. The first-order valence-corrected chi connectivity index (χ1v) is 8.38. The van der Waals surface area contributed by atoms with Crippen LogP contribution < -0.4 is 10.6 Å². The number of nitrogens with one attached hydrogen (secondary N) is 2. The van der Waals surface area contributed by atoms with Gasteiger partial charge in [0.25, 0.3) is 0 Å². The summed E-state index contributed by atoms with van der Waals surface area (Å²) in [6, 6.07) is 1.25. The quantitative estimate of drug-likeness (QED) is 0.293. The van der Waals surface area contributed by atoms with Crippen molar-refractivity contribution in [2.75, 3.05) is 26.7 Å². The third-order valence-corrected chi connectivity index (χ3v) is 4.15. The molecule has 4 nitrogen and oxygen atoms in total.